The molecule has 1 saturated carbocycles. The molecule has 1 unspecified atom stereocenters. The standard InChI is InChI=1S/C20H32N2O3S/c1-17-8-3-4-10-19(17)15-22(20-11-5-6-12-20)26(23,24)21-13-7-9-18(14-21)16-25-2/h3-4,8,10,18,20H,5-7,9,11-16H2,1-2H3. The number of hydrogen-bond donors (Lipinski definition) is 0. The summed E-state index contributed by atoms with van der Waals surface area (Å²) in [6.07, 6.45) is 6.14. The summed E-state index contributed by atoms with van der Waals surface area (Å²) >= 11 is 0. The SMILES string of the molecule is COCC1CCCN(S(=O)(=O)N(Cc2ccccc2C)C2CCCC2)C1. The predicted molar refractivity (Wildman–Crippen MR) is 104 cm³/mol. The van der Waals surface area contributed by atoms with E-state index in [0.29, 0.717) is 32.2 Å². The van der Waals surface area contributed by atoms with Gasteiger partial charge in [0, 0.05) is 32.8 Å². The van der Waals surface area contributed by atoms with Crippen LogP contribution in [-0.2, 0) is 21.5 Å². The first-order valence-electron chi connectivity index (χ1n) is 9.82. The summed E-state index contributed by atoms with van der Waals surface area (Å²) in [7, 11) is -1.77. The third-order valence-electron chi connectivity index (χ3n) is 5.83. The summed E-state index contributed by atoms with van der Waals surface area (Å²) in [6, 6.07) is 8.24. The average molecular weight is 381 g/mol. The van der Waals surface area contributed by atoms with E-state index in [4.69, 9.17) is 4.74 Å². The Morgan fingerprint density at radius 1 is 1.15 bits per heavy atom. The van der Waals surface area contributed by atoms with Crippen LogP contribution in [0.25, 0.3) is 0 Å². The van der Waals surface area contributed by atoms with Gasteiger partial charge in [0.25, 0.3) is 10.2 Å². The molecule has 3 rings (SSSR count). The van der Waals surface area contributed by atoms with Crippen molar-refractivity contribution in [3.05, 3.63) is 35.4 Å². The minimum atomic E-state index is -3.46. The Morgan fingerprint density at radius 3 is 2.58 bits per heavy atom. The number of hydrogen-bond acceptors (Lipinski definition) is 3. The van der Waals surface area contributed by atoms with Gasteiger partial charge in [0.1, 0.15) is 0 Å². The summed E-state index contributed by atoms with van der Waals surface area (Å²) in [6.45, 7) is 4.37. The van der Waals surface area contributed by atoms with Crippen molar-refractivity contribution in [3.63, 3.8) is 0 Å². The van der Waals surface area contributed by atoms with E-state index in [9.17, 15) is 8.42 Å². The Kier molecular flexibility index (Phi) is 6.72. The fraction of sp³-hybridized carbons (Fsp3) is 0.700. The maximum Gasteiger partial charge on any atom is 0.282 e. The van der Waals surface area contributed by atoms with Crippen molar-refractivity contribution < 1.29 is 13.2 Å². The van der Waals surface area contributed by atoms with Gasteiger partial charge >= 0.3 is 0 Å². The molecule has 1 aromatic carbocycles. The molecule has 0 N–H and O–H groups in total. The second kappa shape index (κ2) is 8.83. The summed E-state index contributed by atoms with van der Waals surface area (Å²) in [4.78, 5) is 0. The quantitative estimate of drug-likeness (QED) is 0.729. The Morgan fingerprint density at radius 2 is 1.88 bits per heavy atom. The van der Waals surface area contributed by atoms with Crippen molar-refractivity contribution in [2.24, 2.45) is 5.92 Å². The highest BCUT2D eigenvalue weighted by Crippen LogP contribution is 2.31. The van der Waals surface area contributed by atoms with Gasteiger partial charge in [-0.25, -0.2) is 0 Å². The Balaban J connectivity index is 1.84. The van der Waals surface area contributed by atoms with Crippen molar-refractivity contribution in [1.82, 2.24) is 8.61 Å². The van der Waals surface area contributed by atoms with Gasteiger partial charge in [-0.3, -0.25) is 0 Å². The van der Waals surface area contributed by atoms with Crippen LogP contribution in [0.2, 0.25) is 0 Å². The highest BCUT2D eigenvalue weighted by atomic mass is 32.2. The van der Waals surface area contributed by atoms with E-state index in [2.05, 4.69) is 19.1 Å². The van der Waals surface area contributed by atoms with Crippen LogP contribution >= 0.6 is 0 Å². The van der Waals surface area contributed by atoms with Crippen LogP contribution in [0.15, 0.2) is 24.3 Å². The van der Waals surface area contributed by atoms with Gasteiger partial charge in [-0.1, -0.05) is 37.1 Å². The van der Waals surface area contributed by atoms with Gasteiger partial charge in [0.05, 0.1) is 6.61 Å². The molecule has 0 bridgehead atoms. The summed E-state index contributed by atoms with van der Waals surface area (Å²) in [5, 5.41) is 0. The minimum absolute atomic E-state index is 0.127. The van der Waals surface area contributed by atoms with E-state index >= 15 is 0 Å². The maximum absolute atomic E-state index is 13.5. The van der Waals surface area contributed by atoms with Gasteiger partial charge in [-0.15, -0.1) is 0 Å². The zero-order valence-electron chi connectivity index (χ0n) is 16.1. The zero-order chi connectivity index (χ0) is 18.6. The Hall–Kier alpha value is -0.950. The lowest BCUT2D eigenvalue weighted by atomic mass is 10.0. The average Bonchev–Trinajstić information content (AvgIpc) is 3.15. The largest absolute Gasteiger partial charge is 0.384 e. The molecular weight excluding hydrogens is 348 g/mol. The summed E-state index contributed by atoms with van der Waals surface area (Å²) in [5.41, 5.74) is 2.26. The highest BCUT2D eigenvalue weighted by molar-refractivity contribution is 7.86. The number of aryl methyl sites for hydroxylation is 1. The third kappa shape index (κ3) is 4.47. The minimum Gasteiger partial charge on any atom is -0.384 e. The number of piperidine rings is 1. The molecule has 146 valence electrons. The van der Waals surface area contributed by atoms with Gasteiger partial charge in [0.2, 0.25) is 0 Å². The molecule has 0 radical (unpaired) electrons. The molecule has 2 aliphatic rings. The fourth-order valence-corrected chi connectivity index (χ4v) is 6.25. The molecule has 2 fully saturated rings. The number of rotatable bonds is 7. The predicted octanol–water partition coefficient (Wildman–Crippen LogP) is 3.34. The molecule has 0 aromatic heterocycles. The molecule has 26 heavy (non-hydrogen) atoms. The Labute approximate surface area is 158 Å². The fourth-order valence-electron chi connectivity index (χ4n) is 4.30. The molecule has 1 aliphatic carbocycles. The number of ether oxygens (including phenoxy) is 1. The van der Waals surface area contributed by atoms with E-state index in [-0.39, 0.29) is 6.04 Å². The van der Waals surface area contributed by atoms with Crippen LogP contribution in [0, 0.1) is 12.8 Å². The third-order valence-corrected chi connectivity index (χ3v) is 7.83. The zero-order valence-corrected chi connectivity index (χ0v) is 16.9. The number of methoxy groups -OCH3 is 1. The molecule has 5 nitrogen and oxygen atoms in total. The van der Waals surface area contributed by atoms with Crippen LogP contribution < -0.4 is 0 Å². The molecule has 1 aliphatic heterocycles. The van der Waals surface area contributed by atoms with Gasteiger partial charge in [0.15, 0.2) is 0 Å². The maximum atomic E-state index is 13.5. The number of benzene rings is 1. The van der Waals surface area contributed by atoms with Crippen LogP contribution in [0.5, 0.6) is 0 Å². The first-order valence-corrected chi connectivity index (χ1v) is 11.2. The van der Waals surface area contributed by atoms with E-state index in [0.717, 1.165) is 49.7 Å². The molecule has 0 amide bonds. The van der Waals surface area contributed by atoms with E-state index in [1.165, 1.54) is 0 Å². The summed E-state index contributed by atoms with van der Waals surface area (Å²) < 4.78 is 35.9. The molecular formula is C20H32N2O3S. The summed E-state index contributed by atoms with van der Waals surface area (Å²) in [5.74, 6) is 0.299. The first-order chi connectivity index (χ1) is 12.5. The van der Waals surface area contributed by atoms with Crippen LogP contribution in [0.3, 0.4) is 0 Å². The van der Waals surface area contributed by atoms with Gasteiger partial charge < -0.3 is 4.74 Å². The van der Waals surface area contributed by atoms with Crippen molar-refractivity contribution in [2.45, 2.75) is 58.0 Å². The van der Waals surface area contributed by atoms with Crippen LogP contribution in [-0.4, -0.2) is 49.9 Å². The van der Waals surface area contributed by atoms with E-state index < -0.39 is 10.2 Å². The molecule has 6 heteroatoms. The highest BCUT2D eigenvalue weighted by Gasteiger charge is 2.38. The van der Waals surface area contributed by atoms with Crippen molar-refractivity contribution in [3.8, 4) is 0 Å². The smallest absolute Gasteiger partial charge is 0.282 e. The normalized spacial score (nSPS) is 23.0. The molecule has 1 atom stereocenters. The first kappa shape index (κ1) is 19.8. The Bertz CT molecular complexity index is 684. The van der Waals surface area contributed by atoms with Gasteiger partial charge in [-0.2, -0.15) is 17.0 Å². The van der Waals surface area contributed by atoms with Crippen LogP contribution in [0.4, 0.5) is 0 Å². The molecule has 0 spiro atoms. The topological polar surface area (TPSA) is 49.9 Å². The lowest BCUT2D eigenvalue weighted by molar-refractivity contribution is 0.115. The van der Waals surface area contributed by atoms with E-state index in [1.807, 2.05) is 12.1 Å². The van der Waals surface area contributed by atoms with Crippen LogP contribution in [0.1, 0.15) is 49.7 Å². The van der Waals surface area contributed by atoms with E-state index in [1.54, 1.807) is 15.7 Å². The van der Waals surface area contributed by atoms with Crippen molar-refractivity contribution >= 4 is 10.2 Å². The van der Waals surface area contributed by atoms with Crippen molar-refractivity contribution in [1.29, 1.82) is 0 Å². The monoisotopic (exact) mass is 380 g/mol. The lowest BCUT2D eigenvalue weighted by Gasteiger charge is -2.37. The molecule has 1 aromatic rings. The van der Waals surface area contributed by atoms with Gasteiger partial charge in [-0.05, 0) is 49.7 Å². The second-order valence-electron chi connectivity index (χ2n) is 7.74. The van der Waals surface area contributed by atoms with Crippen molar-refractivity contribution in [2.75, 3.05) is 26.8 Å². The molecule has 1 heterocycles. The lowest BCUT2D eigenvalue weighted by Crippen LogP contribution is -2.51. The second-order valence-corrected chi connectivity index (χ2v) is 9.62. The molecule has 1 saturated heterocycles. The number of nitrogens with zero attached hydrogens (tertiary/aromatic N) is 2.